The van der Waals surface area contributed by atoms with Crippen LogP contribution in [-0.2, 0) is 0 Å². The van der Waals surface area contributed by atoms with E-state index in [0.29, 0.717) is 0 Å². The van der Waals surface area contributed by atoms with E-state index in [-0.39, 0.29) is 18.3 Å². The highest BCUT2D eigenvalue weighted by Gasteiger charge is 2.19. The molecule has 0 saturated carbocycles. The van der Waals surface area contributed by atoms with E-state index in [1.165, 1.54) is 5.57 Å². The molecule has 0 fully saturated rings. The van der Waals surface area contributed by atoms with Gasteiger partial charge in [-0.25, -0.2) is 9.69 Å². The summed E-state index contributed by atoms with van der Waals surface area (Å²) in [5.74, 6) is 0.153. The highest BCUT2D eigenvalue weighted by atomic mass is 35.5. The number of nitrogens with one attached hydrogen (secondary N) is 1. The van der Waals surface area contributed by atoms with Crippen LogP contribution in [0.3, 0.4) is 0 Å². The van der Waals surface area contributed by atoms with Crippen molar-refractivity contribution in [2.75, 3.05) is 27.2 Å². The first kappa shape index (κ1) is 18.8. The number of quaternary nitrogens is 1. The smallest absolute Gasteiger partial charge is 0.348 e. The molecule has 3 nitrogen and oxygen atoms in total. The van der Waals surface area contributed by atoms with E-state index in [4.69, 9.17) is 0 Å². The Kier molecular flexibility index (Phi) is 9.14. The normalized spacial score (nSPS) is 11.7. The van der Waals surface area contributed by atoms with Crippen molar-refractivity contribution in [3.63, 3.8) is 0 Å². The van der Waals surface area contributed by atoms with Crippen LogP contribution in [0.1, 0.15) is 30.6 Å². The number of amides is 1. The monoisotopic (exact) mass is 296 g/mol. The lowest BCUT2D eigenvalue weighted by molar-refractivity contribution is -0.757. The van der Waals surface area contributed by atoms with E-state index >= 15 is 0 Å². The van der Waals surface area contributed by atoms with Crippen molar-refractivity contribution < 1.29 is 22.1 Å². The third-order valence-corrected chi connectivity index (χ3v) is 2.84. The summed E-state index contributed by atoms with van der Waals surface area (Å²) in [4.78, 5) is 15.5. The Balaban J connectivity index is 0.00000361. The Morgan fingerprint density at radius 1 is 1.20 bits per heavy atom. The lowest BCUT2D eigenvalue weighted by Gasteiger charge is -2.15. The van der Waals surface area contributed by atoms with Crippen LogP contribution in [0.25, 0.3) is 0 Å². The molecule has 0 saturated heterocycles. The van der Waals surface area contributed by atoms with Gasteiger partial charge in [-0.15, -0.1) is 0 Å². The molecule has 1 aromatic carbocycles. The summed E-state index contributed by atoms with van der Waals surface area (Å²) >= 11 is 0. The minimum absolute atomic E-state index is 0. The summed E-state index contributed by atoms with van der Waals surface area (Å²) in [7, 11) is 4.11. The lowest BCUT2D eigenvalue weighted by Crippen LogP contribution is -3.10. The van der Waals surface area contributed by atoms with Gasteiger partial charge in [-0.2, -0.15) is 0 Å². The molecule has 1 unspecified atom stereocenters. The summed E-state index contributed by atoms with van der Waals surface area (Å²) in [6, 6.07) is 9.52. The van der Waals surface area contributed by atoms with Gasteiger partial charge in [0.05, 0.1) is 12.1 Å². The minimum Gasteiger partial charge on any atom is -1.00 e. The second kappa shape index (κ2) is 9.70. The summed E-state index contributed by atoms with van der Waals surface area (Å²) in [5.41, 5.74) is 1.95. The van der Waals surface area contributed by atoms with E-state index in [0.717, 1.165) is 30.0 Å². The minimum atomic E-state index is 0. The van der Waals surface area contributed by atoms with Gasteiger partial charge in [0.25, 0.3) is 0 Å². The molecule has 112 valence electrons. The average molecular weight is 297 g/mol. The fourth-order valence-electron chi connectivity index (χ4n) is 1.96. The summed E-state index contributed by atoms with van der Waals surface area (Å²) < 4.78 is 0. The van der Waals surface area contributed by atoms with Crippen molar-refractivity contribution in [1.29, 1.82) is 0 Å². The maximum atomic E-state index is 12.5. The summed E-state index contributed by atoms with van der Waals surface area (Å²) in [6.07, 6.45) is 3.02. The second-order valence-electron chi connectivity index (χ2n) is 5.35. The van der Waals surface area contributed by atoms with Gasteiger partial charge in [-0.1, -0.05) is 18.2 Å². The number of hydrogen-bond donors (Lipinski definition) is 1. The third-order valence-electron chi connectivity index (χ3n) is 2.84. The van der Waals surface area contributed by atoms with Crippen LogP contribution in [0.4, 0.5) is 0 Å². The van der Waals surface area contributed by atoms with E-state index in [2.05, 4.69) is 19.0 Å². The molecule has 0 aliphatic rings. The zero-order valence-electron chi connectivity index (χ0n) is 12.8. The van der Waals surface area contributed by atoms with Crippen LogP contribution in [0, 0.1) is 0 Å². The molecule has 0 aliphatic carbocycles. The largest absolute Gasteiger partial charge is 1.00 e. The highest BCUT2D eigenvalue weighted by molar-refractivity contribution is 5.87. The van der Waals surface area contributed by atoms with Gasteiger partial charge in [0, 0.05) is 13.0 Å². The number of nitrogens with zero attached hydrogens (tertiary/aromatic N) is 1. The standard InChI is InChI=1S/C16H24N2O.ClH/c1-14(2)13-18(12-8-11-17(3)4)16(19)15-9-6-5-7-10-15;/h5-7,9-10,13H,8,11-12H2,1-4H3;1H. The van der Waals surface area contributed by atoms with Gasteiger partial charge >= 0.3 is 5.91 Å². The van der Waals surface area contributed by atoms with Crippen LogP contribution < -0.4 is 17.3 Å². The van der Waals surface area contributed by atoms with Crippen LogP contribution in [0.2, 0.25) is 0 Å². The van der Waals surface area contributed by atoms with Crippen molar-refractivity contribution in [1.82, 2.24) is 4.90 Å². The predicted molar refractivity (Wildman–Crippen MR) is 79.2 cm³/mol. The molecule has 0 radical (unpaired) electrons. The van der Waals surface area contributed by atoms with Gasteiger partial charge in [0.1, 0.15) is 6.20 Å². The summed E-state index contributed by atoms with van der Waals surface area (Å²) in [5, 5.41) is 0. The van der Waals surface area contributed by atoms with Gasteiger partial charge in [-0.05, 0) is 45.6 Å². The number of benzene rings is 1. The Morgan fingerprint density at radius 3 is 2.30 bits per heavy atom. The number of allylic oxidation sites excluding steroid dienone is 1. The molecule has 1 rings (SSSR count). The molecule has 0 aliphatic heterocycles. The Bertz CT molecular complexity index is 425. The molecule has 0 heterocycles. The van der Waals surface area contributed by atoms with E-state index in [9.17, 15) is 4.79 Å². The highest BCUT2D eigenvalue weighted by Crippen LogP contribution is 1.96. The van der Waals surface area contributed by atoms with E-state index in [1.807, 2.05) is 50.4 Å². The zero-order chi connectivity index (χ0) is 14.3. The second-order valence-corrected chi connectivity index (χ2v) is 5.35. The summed E-state index contributed by atoms with van der Waals surface area (Å²) in [6.45, 7) is 5.90. The van der Waals surface area contributed by atoms with Crippen molar-refractivity contribution in [2.45, 2.75) is 20.3 Å². The quantitative estimate of drug-likeness (QED) is 0.698. The topological polar surface area (TPSA) is 24.8 Å². The van der Waals surface area contributed by atoms with Crippen LogP contribution >= 0.6 is 0 Å². The molecule has 0 aromatic heterocycles. The molecular formula is C16H25ClN2O. The first-order chi connectivity index (χ1) is 9.00. The number of hydrogen-bond acceptors (Lipinski definition) is 2. The third kappa shape index (κ3) is 6.85. The molecule has 0 spiro atoms. The van der Waals surface area contributed by atoms with Crippen molar-refractivity contribution in [3.8, 4) is 0 Å². The van der Waals surface area contributed by atoms with Gasteiger partial charge < -0.3 is 17.3 Å². The maximum absolute atomic E-state index is 12.5. The molecule has 1 atom stereocenters. The molecule has 0 bridgehead atoms. The molecular weight excluding hydrogens is 272 g/mol. The van der Waals surface area contributed by atoms with E-state index in [1.54, 1.807) is 0 Å². The first-order valence-corrected chi connectivity index (χ1v) is 6.76. The van der Waals surface area contributed by atoms with Crippen LogP contribution in [-0.4, -0.2) is 38.0 Å². The predicted octanol–water partition coefficient (Wildman–Crippen LogP) is -1.41. The Morgan fingerprint density at radius 2 is 1.80 bits per heavy atom. The molecule has 4 heteroatoms. The Hall–Kier alpha value is -1.16. The average Bonchev–Trinajstić information content (AvgIpc) is 2.37. The first-order valence-electron chi connectivity index (χ1n) is 6.76. The number of carbonyl (C=O) groups excluding carboxylic acids is 1. The number of halogens is 1. The fraction of sp³-hybridized carbons (Fsp3) is 0.438. The SMILES string of the molecule is CC(C)=C[NH+](CCCN(C)C)C(=O)c1ccccc1.[Cl-]. The van der Waals surface area contributed by atoms with Gasteiger partial charge in [0.15, 0.2) is 0 Å². The fourth-order valence-corrected chi connectivity index (χ4v) is 1.96. The van der Waals surface area contributed by atoms with Crippen LogP contribution in [0.15, 0.2) is 42.1 Å². The van der Waals surface area contributed by atoms with Gasteiger partial charge in [0.2, 0.25) is 0 Å². The van der Waals surface area contributed by atoms with Crippen molar-refractivity contribution in [2.24, 2.45) is 0 Å². The molecule has 1 aromatic rings. The van der Waals surface area contributed by atoms with Gasteiger partial charge in [-0.3, -0.25) is 0 Å². The molecule has 20 heavy (non-hydrogen) atoms. The van der Waals surface area contributed by atoms with E-state index < -0.39 is 0 Å². The zero-order valence-corrected chi connectivity index (χ0v) is 13.6. The molecule has 1 amide bonds. The lowest BCUT2D eigenvalue weighted by atomic mass is 10.2. The number of rotatable bonds is 6. The molecule has 1 N–H and O–H groups in total. The van der Waals surface area contributed by atoms with Crippen molar-refractivity contribution in [3.05, 3.63) is 47.7 Å². The Labute approximate surface area is 128 Å². The van der Waals surface area contributed by atoms with Crippen molar-refractivity contribution >= 4 is 5.91 Å². The maximum Gasteiger partial charge on any atom is 0.348 e. The number of carbonyl (C=O) groups is 1. The van der Waals surface area contributed by atoms with Crippen LogP contribution in [0.5, 0.6) is 0 Å².